The minimum Gasteiger partial charge on any atom is -0.387 e. The van der Waals surface area contributed by atoms with Gasteiger partial charge in [-0.25, -0.2) is 9.97 Å². The summed E-state index contributed by atoms with van der Waals surface area (Å²) in [6, 6.07) is 1.63. The molecule has 25 heavy (non-hydrogen) atoms. The summed E-state index contributed by atoms with van der Waals surface area (Å²) in [5, 5.41) is 30.4. The Morgan fingerprint density at radius 3 is 2.96 bits per heavy atom. The van der Waals surface area contributed by atoms with Gasteiger partial charge in [0.15, 0.2) is 11.8 Å². The van der Waals surface area contributed by atoms with Gasteiger partial charge >= 0.3 is 0 Å². The lowest BCUT2D eigenvalue weighted by Crippen LogP contribution is -2.45. The molecule has 0 aliphatic carbocycles. The SMILES string of the molecule is C=C[C@]1(O)C(O)[C@@H](OOP(O)CO)O[C@H]1n1ccc2c(N)ncnc21. The maximum absolute atomic E-state index is 10.8. The number of anilines is 1. The zero-order valence-corrected chi connectivity index (χ0v) is 13.7. The number of nitrogen functional groups attached to an aromatic ring is 1. The highest BCUT2D eigenvalue weighted by Crippen LogP contribution is 2.43. The lowest BCUT2D eigenvalue weighted by atomic mass is 9.97. The molecule has 0 spiro atoms. The van der Waals surface area contributed by atoms with Crippen LogP contribution in [0.4, 0.5) is 5.82 Å². The van der Waals surface area contributed by atoms with E-state index in [0.717, 1.165) is 6.08 Å². The Morgan fingerprint density at radius 2 is 2.28 bits per heavy atom. The number of ether oxygens (including phenoxy) is 1. The van der Waals surface area contributed by atoms with Crippen LogP contribution in [0, 0.1) is 0 Å². The summed E-state index contributed by atoms with van der Waals surface area (Å²) in [5.74, 6) is 0.245. The van der Waals surface area contributed by atoms with E-state index in [1.807, 2.05) is 0 Å². The van der Waals surface area contributed by atoms with E-state index >= 15 is 0 Å². The number of fused-ring (bicyclic) bond motifs is 1. The third-order valence-corrected chi connectivity index (χ3v) is 4.35. The molecular weight excluding hydrogens is 355 g/mol. The summed E-state index contributed by atoms with van der Waals surface area (Å²) in [4.78, 5) is 22.0. The lowest BCUT2D eigenvalue weighted by molar-refractivity contribution is -0.332. The van der Waals surface area contributed by atoms with E-state index in [9.17, 15) is 15.1 Å². The molecular formula is C13H17N4O7P. The van der Waals surface area contributed by atoms with Gasteiger partial charge in [-0.1, -0.05) is 12.7 Å². The zero-order valence-electron chi connectivity index (χ0n) is 12.8. The van der Waals surface area contributed by atoms with Crippen LogP contribution in [0.25, 0.3) is 11.0 Å². The molecule has 1 aliphatic rings. The van der Waals surface area contributed by atoms with Crippen molar-refractivity contribution in [1.82, 2.24) is 14.5 Å². The van der Waals surface area contributed by atoms with E-state index < -0.39 is 38.9 Å². The van der Waals surface area contributed by atoms with Crippen LogP contribution in [0.5, 0.6) is 0 Å². The van der Waals surface area contributed by atoms with Crippen LogP contribution in [0.3, 0.4) is 0 Å². The van der Waals surface area contributed by atoms with Crippen molar-refractivity contribution in [2.45, 2.75) is 24.2 Å². The average Bonchev–Trinajstić information content (AvgIpc) is 3.14. The Morgan fingerprint density at radius 1 is 1.52 bits per heavy atom. The molecule has 2 unspecified atom stereocenters. The van der Waals surface area contributed by atoms with Gasteiger partial charge in [-0.2, -0.15) is 9.56 Å². The van der Waals surface area contributed by atoms with Crippen LogP contribution < -0.4 is 5.73 Å². The summed E-state index contributed by atoms with van der Waals surface area (Å²) in [7, 11) is -2.25. The highest BCUT2D eigenvalue weighted by Gasteiger charge is 2.56. The van der Waals surface area contributed by atoms with E-state index in [2.05, 4.69) is 21.2 Å². The second-order valence-corrected chi connectivity index (χ2v) is 6.41. The first-order chi connectivity index (χ1) is 11.9. The van der Waals surface area contributed by atoms with E-state index in [1.165, 1.54) is 10.9 Å². The maximum atomic E-state index is 10.8. The highest BCUT2D eigenvalue weighted by molar-refractivity contribution is 7.45. The Bertz CT molecular complexity index is 774. The van der Waals surface area contributed by atoms with Gasteiger partial charge in [0, 0.05) is 6.20 Å². The fourth-order valence-corrected chi connectivity index (χ4v) is 2.79. The maximum Gasteiger partial charge on any atom is 0.232 e. The molecule has 11 nitrogen and oxygen atoms in total. The minimum absolute atomic E-state index is 0.245. The number of nitrogens with zero attached hydrogens (tertiary/aromatic N) is 3. The lowest BCUT2D eigenvalue weighted by Gasteiger charge is -2.28. The summed E-state index contributed by atoms with van der Waals surface area (Å²) in [6.45, 7) is 3.53. The molecule has 6 N–H and O–H groups in total. The van der Waals surface area contributed by atoms with Gasteiger partial charge in [-0.15, -0.1) is 0 Å². The third kappa shape index (κ3) is 3.01. The van der Waals surface area contributed by atoms with Gasteiger partial charge in [-0.05, 0) is 6.07 Å². The molecule has 0 amide bonds. The Balaban J connectivity index is 1.93. The van der Waals surface area contributed by atoms with Gasteiger partial charge in [0.1, 0.15) is 30.2 Å². The predicted octanol–water partition coefficient (Wildman–Crippen LogP) is -0.651. The molecule has 0 aromatic carbocycles. The van der Waals surface area contributed by atoms with Crippen LogP contribution in [0.2, 0.25) is 0 Å². The molecule has 2 aromatic heterocycles. The van der Waals surface area contributed by atoms with E-state index in [-0.39, 0.29) is 5.82 Å². The van der Waals surface area contributed by atoms with Crippen molar-refractivity contribution in [1.29, 1.82) is 0 Å². The number of aliphatic hydroxyl groups is 3. The molecule has 1 aliphatic heterocycles. The smallest absolute Gasteiger partial charge is 0.232 e. The molecule has 136 valence electrons. The molecule has 0 bridgehead atoms. The molecule has 3 heterocycles. The zero-order chi connectivity index (χ0) is 18.2. The fourth-order valence-electron chi connectivity index (χ4n) is 2.56. The average molecular weight is 372 g/mol. The third-order valence-electron chi connectivity index (χ3n) is 3.85. The van der Waals surface area contributed by atoms with Gasteiger partial charge in [0.2, 0.25) is 14.7 Å². The Hall–Kier alpha value is -1.69. The summed E-state index contributed by atoms with van der Waals surface area (Å²) < 4.78 is 11.5. The molecule has 1 fully saturated rings. The number of hydrogen-bond donors (Lipinski definition) is 5. The Labute approximate surface area is 142 Å². The molecule has 0 radical (unpaired) electrons. The van der Waals surface area contributed by atoms with E-state index in [1.54, 1.807) is 12.3 Å². The number of rotatable bonds is 6. The number of aromatic nitrogens is 3. The molecule has 5 atom stereocenters. The van der Waals surface area contributed by atoms with Crippen LogP contribution >= 0.6 is 8.38 Å². The van der Waals surface area contributed by atoms with Crippen molar-refractivity contribution in [2.24, 2.45) is 0 Å². The van der Waals surface area contributed by atoms with Crippen molar-refractivity contribution in [3.05, 3.63) is 31.2 Å². The minimum atomic E-state index is -2.25. The first-order valence-corrected chi connectivity index (χ1v) is 8.49. The molecule has 0 saturated carbocycles. The molecule has 3 rings (SSSR count). The monoisotopic (exact) mass is 372 g/mol. The van der Waals surface area contributed by atoms with E-state index in [0.29, 0.717) is 11.0 Å². The van der Waals surface area contributed by atoms with Crippen molar-refractivity contribution >= 4 is 25.2 Å². The van der Waals surface area contributed by atoms with Crippen LogP contribution in [0.1, 0.15) is 6.23 Å². The number of aliphatic hydroxyl groups excluding tert-OH is 2. The van der Waals surface area contributed by atoms with Gasteiger partial charge in [0.05, 0.1) is 5.39 Å². The van der Waals surface area contributed by atoms with Crippen molar-refractivity contribution in [2.75, 3.05) is 12.1 Å². The van der Waals surface area contributed by atoms with Crippen LogP contribution in [-0.2, 0) is 14.3 Å². The quantitative estimate of drug-likeness (QED) is 0.190. The van der Waals surface area contributed by atoms with Crippen molar-refractivity contribution in [3.63, 3.8) is 0 Å². The normalized spacial score (nSPS) is 30.6. The van der Waals surface area contributed by atoms with Gasteiger partial charge in [-0.3, -0.25) is 0 Å². The second-order valence-electron chi connectivity index (χ2n) is 5.28. The van der Waals surface area contributed by atoms with Gasteiger partial charge in [0.25, 0.3) is 0 Å². The van der Waals surface area contributed by atoms with Crippen molar-refractivity contribution in [3.8, 4) is 0 Å². The molecule has 1 saturated heterocycles. The fraction of sp³-hybridized carbons (Fsp3) is 0.385. The van der Waals surface area contributed by atoms with Gasteiger partial charge < -0.3 is 35.3 Å². The van der Waals surface area contributed by atoms with Crippen LogP contribution in [0.15, 0.2) is 31.2 Å². The largest absolute Gasteiger partial charge is 0.387 e. The summed E-state index contributed by atoms with van der Waals surface area (Å²) >= 11 is 0. The number of hydrogen-bond acceptors (Lipinski definition) is 10. The Kier molecular flexibility index (Phi) is 5.00. The van der Waals surface area contributed by atoms with E-state index in [4.69, 9.17) is 20.5 Å². The standard InChI is InChI=1S/C13H17N4O7P/c1-2-13(20)8(19)11(23-24-25(21)6-18)22-12(13)17-4-3-7-9(14)15-5-16-10(7)17/h2-5,8,11-12,18-21H,1,6H2,(H2,14,15,16)/t8?,11-,12-,13+,25?/m1/s1. The predicted molar refractivity (Wildman–Crippen MR) is 85.4 cm³/mol. The summed E-state index contributed by atoms with van der Waals surface area (Å²) in [6.07, 6.45) is -0.954. The molecule has 2 aromatic rings. The van der Waals surface area contributed by atoms with Crippen molar-refractivity contribution < 1.29 is 34.5 Å². The molecule has 12 heteroatoms. The number of nitrogens with two attached hydrogens (primary N) is 1. The van der Waals surface area contributed by atoms with Crippen LogP contribution in [-0.4, -0.2) is 59.1 Å². The summed E-state index contributed by atoms with van der Waals surface area (Å²) in [5.41, 5.74) is 4.21. The first kappa shape index (κ1) is 18.1. The first-order valence-electron chi connectivity index (χ1n) is 7.09. The second kappa shape index (κ2) is 6.90. The topological polar surface area (TPSA) is 165 Å². The highest BCUT2D eigenvalue weighted by atomic mass is 31.2.